The van der Waals surface area contributed by atoms with E-state index in [-0.39, 0.29) is 18.2 Å². The zero-order valence-corrected chi connectivity index (χ0v) is 11.3. The third kappa shape index (κ3) is 1.79. The van der Waals surface area contributed by atoms with Crippen molar-refractivity contribution >= 4 is 16.6 Å². The first kappa shape index (κ1) is 12.1. The summed E-state index contributed by atoms with van der Waals surface area (Å²) in [5.74, 6) is 1.42. The number of nitrogens with two attached hydrogens (primary N) is 1. The molecule has 0 radical (unpaired) electrons. The molecular formula is C16H19N3O. The lowest BCUT2D eigenvalue weighted by Crippen LogP contribution is -2.69. The van der Waals surface area contributed by atoms with E-state index in [1.165, 1.54) is 11.8 Å². The van der Waals surface area contributed by atoms with Crippen molar-refractivity contribution in [3.63, 3.8) is 0 Å². The standard InChI is InChI=1S/C16H19N3O/c17-13-12-6-3-9-20-15(12)14(13)19-16-11-5-2-1-4-10(11)7-8-18-16/h1-2,4-5,7-8,12-15H,3,6,9,17H2,(H,18,19). The van der Waals surface area contributed by atoms with Crippen LogP contribution in [-0.2, 0) is 4.74 Å². The summed E-state index contributed by atoms with van der Waals surface area (Å²) in [6.07, 6.45) is 4.41. The Kier molecular flexibility index (Phi) is 2.86. The molecule has 1 aromatic heterocycles. The first-order valence-corrected chi connectivity index (χ1v) is 7.32. The van der Waals surface area contributed by atoms with E-state index in [0.29, 0.717) is 5.92 Å². The molecule has 4 atom stereocenters. The van der Waals surface area contributed by atoms with Gasteiger partial charge >= 0.3 is 0 Å². The quantitative estimate of drug-likeness (QED) is 0.877. The predicted molar refractivity (Wildman–Crippen MR) is 79.6 cm³/mol. The number of aromatic nitrogens is 1. The Balaban J connectivity index is 1.62. The third-order valence-electron chi connectivity index (χ3n) is 4.65. The highest BCUT2D eigenvalue weighted by Crippen LogP contribution is 2.39. The van der Waals surface area contributed by atoms with Crippen molar-refractivity contribution in [2.75, 3.05) is 11.9 Å². The fourth-order valence-corrected chi connectivity index (χ4v) is 3.52. The summed E-state index contributed by atoms with van der Waals surface area (Å²) < 4.78 is 5.87. The van der Waals surface area contributed by atoms with Crippen LogP contribution in [0.15, 0.2) is 36.5 Å². The minimum atomic E-state index is 0.168. The Morgan fingerprint density at radius 2 is 2.15 bits per heavy atom. The van der Waals surface area contributed by atoms with Crippen molar-refractivity contribution in [1.82, 2.24) is 4.98 Å². The lowest BCUT2D eigenvalue weighted by Gasteiger charge is -2.52. The first-order chi connectivity index (χ1) is 9.84. The molecule has 0 spiro atoms. The van der Waals surface area contributed by atoms with Crippen molar-refractivity contribution in [3.8, 4) is 0 Å². The molecule has 1 aliphatic heterocycles. The summed E-state index contributed by atoms with van der Waals surface area (Å²) in [7, 11) is 0. The van der Waals surface area contributed by atoms with E-state index in [1.54, 1.807) is 0 Å². The second kappa shape index (κ2) is 4.72. The van der Waals surface area contributed by atoms with Crippen LogP contribution in [0.3, 0.4) is 0 Å². The fraction of sp³-hybridized carbons (Fsp3) is 0.438. The molecule has 2 heterocycles. The second-order valence-corrected chi connectivity index (χ2v) is 5.77. The normalized spacial score (nSPS) is 32.5. The number of pyridine rings is 1. The van der Waals surface area contributed by atoms with Crippen molar-refractivity contribution in [1.29, 1.82) is 0 Å². The minimum absolute atomic E-state index is 0.168. The first-order valence-electron chi connectivity index (χ1n) is 7.32. The number of hydrogen-bond acceptors (Lipinski definition) is 4. The highest BCUT2D eigenvalue weighted by atomic mass is 16.5. The Morgan fingerprint density at radius 1 is 1.25 bits per heavy atom. The molecule has 1 aromatic carbocycles. The molecule has 2 aromatic rings. The van der Waals surface area contributed by atoms with Gasteiger partial charge in [0, 0.05) is 30.1 Å². The average Bonchev–Trinajstić information content (AvgIpc) is 2.52. The van der Waals surface area contributed by atoms with Crippen LogP contribution in [0.5, 0.6) is 0 Å². The van der Waals surface area contributed by atoms with Gasteiger partial charge in [0.2, 0.25) is 0 Å². The van der Waals surface area contributed by atoms with Gasteiger partial charge < -0.3 is 15.8 Å². The summed E-state index contributed by atoms with van der Waals surface area (Å²) in [5.41, 5.74) is 6.30. The maximum Gasteiger partial charge on any atom is 0.134 e. The summed E-state index contributed by atoms with van der Waals surface area (Å²) >= 11 is 0. The number of benzene rings is 1. The Bertz CT molecular complexity index is 625. The molecule has 104 valence electrons. The molecule has 3 N–H and O–H groups in total. The van der Waals surface area contributed by atoms with Crippen LogP contribution >= 0.6 is 0 Å². The molecule has 2 fully saturated rings. The smallest absolute Gasteiger partial charge is 0.134 e. The van der Waals surface area contributed by atoms with Gasteiger partial charge in [0.05, 0.1) is 12.1 Å². The number of nitrogens with zero attached hydrogens (tertiary/aromatic N) is 1. The molecule has 4 nitrogen and oxygen atoms in total. The number of hydrogen-bond donors (Lipinski definition) is 2. The average molecular weight is 269 g/mol. The van der Waals surface area contributed by atoms with E-state index in [2.05, 4.69) is 22.4 Å². The van der Waals surface area contributed by atoms with Crippen LogP contribution in [0.2, 0.25) is 0 Å². The molecule has 1 saturated carbocycles. The second-order valence-electron chi connectivity index (χ2n) is 5.77. The van der Waals surface area contributed by atoms with Gasteiger partial charge in [-0.1, -0.05) is 24.3 Å². The van der Waals surface area contributed by atoms with Crippen LogP contribution in [0.4, 0.5) is 5.82 Å². The zero-order valence-electron chi connectivity index (χ0n) is 11.3. The molecular weight excluding hydrogens is 250 g/mol. The van der Waals surface area contributed by atoms with E-state index in [0.717, 1.165) is 24.2 Å². The van der Waals surface area contributed by atoms with Crippen molar-refractivity contribution < 1.29 is 4.74 Å². The molecule has 4 rings (SSSR count). The molecule has 2 aliphatic rings. The summed E-state index contributed by atoms with van der Waals surface area (Å²) in [6, 6.07) is 10.6. The van der Waals surface area contributed by atoms with Crippen LogP contribution < -0.4 is 11.1 Å². The molecule has 4 heteroatoms. The monoisotopic (exact) mass is 269 g/mol. The van der Waals surface area contributed by atoms with Gasteiger partial charge in [-0.3, -0.25) is 0 Å². The lowest BCUT2D eigenvalue weighted by atomic mass is 9.68. The molecule has 4 unspecified atom stereocenters. The van der Waals surface area contributed by atoms with Gasteiger partial charge in [0.15, 0.2) is 0 Å². The molecule has 1 saturated heterocycles. The van der Waals surface area contributed by atoms with Crippen molar-refractivity contribution in [3.05, 3.63) is 36.5 Å². The number of rotatable bonds is 2. The number of nitrogens with one attached hydrogen (secondary N) is 1. The Morgan fingerprint density at radius 3 is 3.10 bits per heavy atom. The van der Waals surface area contributed by atoms with Crippen molar-refractivity contribution in [2.45, 2.75) is 31.0 Å². The van der Waals surface area contributed by atoms with Gasteiger partial charge in [-0.2, -0.15) is 0 Å². The van der Waals surface area contributed by atoms with E-state index in [1.807, 2.05) is 24.4 Å². The summed E-state index contributed by atoms with van der Waals surface area (Å²) in [6.45, 7) is 0.856. The van der Waals surface area contributed by atoms with Gasteiger partial charge in [0.25, 0.3) is 0 Å². The van der Waals surface area contributed by atoms with Crippen LogP contribution in [-0.4, -0.2) is 29.8 Å². The number of anilines is 1. The van der Waals surface area contributed by atoms with Crippen molar-refractivity contribution in [2.24, 2.45) is 11.7 Å². The number of fused-ring (bicyclic) bond motifs is 2. The molecule has 0 bridgehead atoms. The summed E-state index contributed by atoms with van der Waals surface area (Å²) in [5, 5.41) is 5.84. The van der Waals surface area contributed by atoms with Crippen LogP contribution in [0.1, 0.15) is 12.8 Å². The third-order valence-corrected chi connectivity index (χ3v) is 4.65. The number of ether oxygens (including phenoxy) is 1. The van der Waals surface area contributed by atoms with Gasteiger partial charge in [-0.05, 0) is 24.3 Å². The van der Waals surface area contributed by atoms with E-state index in [9.17, 15) is 0 Å². The highest BCUT2D eigenvalue weighted by molar-refractivity contribution is 5.91. The van der Waals surface area contributed by atoms with Gasteiger partial charge in [-0.25, -0.2) is 4.98 Å². The minimum Gasteiger partial charge on any atom is -0.376 e. The topological polar surface area (TPSA) is 60.2 Å². The van der Waals surface area contributed by atoms with E-state index in [4.69, 9.17) is 10.5 Å². The maximum absolute atomic E-state index is 6.30. The zero-order chi connectivity index (χ0) is 13.5. The van der Waals surface area contributed by atoms with Gasteiger partial charge in [0.1, 0.15) is 5.82 Å². The molecule has 1 aliphatic carbocycles. The van der Waals surface area contributed by atoms with E-state index >= 15 is 0 Å². The molecule has 20 heavy (non-hydrogen) atoms. The van der Waals surface area contributed by atoms with Crippen LogP contribution in [0.25, 0.3) is 10.8 Å². The maximum atomic E-state index is 6.30. The SMILES string of the molecule is NC1C2CCCOC2C1Nc1nccc2ccccc12. The Hall–Kier alpha value is -1.65. The summed E-state index contributed by atoms with van der Waals surface area (Å²) in [4.78, 5) is 4.48. The fourth-order valence-electron chi connectivity index (χ4n) is 3.52. The predicted octanol–water partition coefficient (Wildman–Crippen LogP) is 2.15. The van der Waals surface area contributed by atoms with Gasteiger partial charge in [-0.15, -0.1) is 0 Å². The lowest BCUT2D eigenvalue weighted by molar-refractivity contribution is -0.104. The van der Waals surface area contributed by atoms with E-state index < -0.39 is 0 Å². The van der Waals surface area contributed by atoms with Crippen LogP contribution in [0, 0.1) is 5.92 Å². The Labute approximate surface area is 118 Å². The largest absolute Gasteiger partial charge is 0.376 e. The molecule has 0 amide bonds. The highest BCUT2D eigenvalue weighted by Gasteiger charge is 2.50.